The number of thiocarbonyl (C=S) groups is 1. The van der Waals surface area contributed by atoms with Gasteiger partial charge in [-0.05, 0) is 67.5 Å². The highest BCUT2D eigenvalue weighted by atomic mass is 79.9. The average Bonchev–Trinajstić information content (AvgIpc) is 2.69. The zero-order valence-corrected chi connectivity index (χ0v) is 17.7. The van der Waals surface area contributed by atoms with Gasteiger partial charge in [0.25, 0.3) is 5.91 Å². The highest BCUT2D eigenvalue weighted by molar-refractivity contribution is 9.10. The summed E-state index contributed by atoms with van der Waals surface area (Å²) in [5, 5.41) is 8.82. The number of halogens is 1. The van der Waals surface area contributed by atoms with Crippen LogP contribution in [0.4, 0.5) is 11.4 Å². The van der Waals surface area contributed by atoms with Gasteiger partial charge in [0.1, 0.15) is 0 Å². The SMILES string of the molecule is O=C(NC(=S)Nc1cccc(NC(=O)C2CCCCC2)c1)c1ccc(Br)cc1. The van der Waals surface area contributed by atoms with Crippen molar-refractivity contribution in [1.29, 1.82) is 0 Å². The molecule has 0 saturated heterocycles. The van der Waals surface area contributed by atoms with E-state index in [0.29, 0.717) is 16.9 Å². The maximum absolute atomic E-state index is 12.4. The average molecular weight is 460 g/mol. The second-order valence-corrected chi connectivity index (χ2v) is 8.14. The fraction of sp³-hybridized carbons (Fsp3) is 0.286. The van der Waals surface area contributed by atoms with E-state index in [-0.39, 0.29) is 22.8 Å². The van der Waals surface area contributed by atoms with Gasteiger partial charge in [-0.15, -0.1) is 0 Å². The van der Waals surface area contributed by atoms with Crippen molar-refractivity contribution in [2.75, 3.05) is 10.6 Å². The summed E-state index contributed by atoms with van der Waals surface area (Å²) in [6.45, 7) is 0. The minimum atomic E-state index is -0.285. The Morgan fingerprint density at radius 3 is 2.25 bits per heavy atom. The molecule has 0 radical (unpaired) electrons. The normalized spacial score (nSPS) is 14.2. The lowest BCUT2D eigenvalue weighted by Crippen LogP contribution is -2.34. The van der Waals surface area contributed by atoms with Crippen LogP contribution >= 0.6 is 28.1 Å². The first-order chi connectivity index (χ1) is 13.5. The predicted molar refractivity (Wildman–Crippen MR) is 119 cm³/mol. The smallest absolute Gasteiger partial charge is 0.257 e. The predicted octanol–water partition coefficient (Wildman–Crippen LogP) is 5.09. The number of nitrogens with one attached hydrogen (secondary N) is 3. The third-order valence-corrected chi connectivity index (χ3v) is 5.43. The van der Waals surface area contributed by atoms with E-state index in [1.165, 1.54) is 6.42 Å². The van der Waals surface area contributed by atoms with Gasteiger partial charge in [-0.25, -0.2) is 0 Å². The van der Waals surface area contributed by atoms with Crippen LogP contribution in [0, 0.1) is 5.92 Å². The van der Waals surface area contributed by atoms with Crippen LogP contribution in [0.5, 0.6) is 0 Å². The van der Waals surface area contributed by atoms with Crippen molar-refractivity contribution in [1.82, 2.24) is 5.32 Å². The molecule has 1 aliphatic carbocycles. The van der Waals surface area contributed by atoms with Gasteiger partial charge >= 0.3 is 0 Å². The fourth-order valence-electron chi connectivity index (χ4n) is 3.22. The van der Waals surface area contributed by atoms with E-state index in [2.05, 4.69) is 31.9 Å². The van der Waals surface area contributed by atoms with Crippen LogP contribution in [-0.2, 0) is 4.79 Å². The van der Waals surface area contributed by atoms with Crippen molar-refractivity contribution < 1.29 is 9.59 Å². The summed E-state index contributed by atoms with van der Waals surface area (Å²) in [6.07, 6.45) is 5.36. The second kappa shape index (κ2) is 9.80. The maximum atomic E-state index is 12.4. The number of amides is 2. The van der Waals surface area contributed by atoms with Gasteiger partial charge in [0.05, 0.1) is 0 Å². The van der Waals surface area contributed by atoms with E-state index in [4.69, 9.17) is 12.2 Å². The van der Waals surface area contributed by atoms with E-state index >= 15 is 0 Å². The number of hydrogen-bond acceptors (Lipinski definition) is 3. The molecule has 0 aliphatic heterocycles. The molecule has 0 aromatic heterocycles. The Hall–Kier alpha value is -2.25. The minimum absolute atomic E-state index is 0.0722. The molecule has 28 heavy (non-hydrogen) atoms. The molecule has 0 heterocycles. The van der Waals surface area contributed by atoms with Gasteiger partial charge in [-0.2, -0.15) is 0 Å². The third-order valence-electron chi connectivity index (χ3n) is 4.70. The minimum Gasteiger partial charge on any atom is -0.332 e. The molecular formula is C21H22BrN3O2S. The molecule has 7 heteroatoms. The summed E-state index contributed by atoms with van der Waals surface area (Å²) in [7, 11) is 0. The molecule has 0 bridgehead atoms. The van der Waals surface area contributed by atoms with Crippen molar-refractivity contribution in [3.05, 3.63) is 58.6 Å². The number of benzene rings is 2. The van der Waals surface area contributed by atoms with Gasteiger partial charge in [0.2, 0.25) is 5.91 Å². The van der Waals surface area contributed by atoms with Crippen molar-refractivity contribution >= 4 is 56.4 Å². The van der Waals surface area contributed by atoms with Crippen LogP contribution in [0.15, 0.2) is 53.0 Å². The van der Waals surface area contributed by atoms with Crippen LogP contribution in [0.25, 0.3) is 0 Å². The summed E-state index contributed by atoms with van der Waals surface area (Å²) < 4.78 is 0.900. The fourth-order valence-corrected chi connectivity index (χ4v) is 3.70. The molecule has 2 amide bonds. The first kappa shape index (κ1) is 20.5. The van der Waals surface area contributed by atoms with Crippen LogP contribution < -0.4 is 16.0 Å². The largest absolute Gasteiger partial charge is 0.332 e. The summed E-state index contributed by atoms with van der Waals surface area (Å²) >= 11 is 8.57. The summed E-state index contributed by atoms with van der Waals surface area (Å²) in [4.78, 5) is 24.6. The molecule has 0 unspecified atom stereocenters. The van der Waals surface area contributed by atoms with Crippen LogP contribution in [0.1, 0.15) is 42.5 Å². The Bertz CT molecular complexity index is 864. The van der Waals surface area contributed by atoms with E-state index in [1.54, 1.807) is 30.3 Å². The molecular weight excluding hydrogens is 438 g/mol. The summed E-state index contributed by atoms with van der Waals surface area (Å²) in [6, 6.07) is 14.3. The molecule has 5 nitrogen and oxygen atoms in total. The molecule has 3 N–H and O–H groups in total. The van der Waals surface area contributed by atoms with Gasteiger partial charge in [0.15, 0.2) is 5.11 Å². The standard InChI is InChI=1S/C21H22BrN3O2S/c22-16-11-9-15(10-12-16)20(27)25-21(28)24-18-8-4-7-17(13-18)23-19(26)14-5-2-1-3-6-14/h4,7-14H,1-3,5-6H2,(H,23,26)(H2,24,25,27,28). The Kier molecular flexibility index (Phi) is 7.17. The van der Waals surface area contributed by atoms with E-state index < -0.39 is 0 Å². The number of carbonyl (C=O) groups is 2. The number of rotatable bonds is 4. The third kappa shape index (κ3) is 5.87. The molecule has 1 saturated carbocycles. The van der Waals surface area contributed by atoms with Crippen LogP contribution in [0.2, 0.25) is 0 Å². The lowest BCUT2D eigenvalue weighted by molar-refractivity contribution is -0.120. The Labute approximate surface area is 178 Å². The lowest BCUT2D eigenvalue weighted by atomic mass is 9.88. The van der Waals surface area contributed by atoms with Gasteiger partial charge < -0.3 is 10.6 Å². The first-order valence-corrected chi connectivity index (χ1v) is 10.5. The molecule has 3 rings (SSSR count). The molecule has 146 valence electrons. The molecule has 1 fully saturated rings. The lowest BCUT2D eigenvalue weighted by Gasteiger charge is -2.21. The molecule has 0 atom stereocenters. The molecule has 2 aromatic rings. The monoisotopic (exact) mass is 459 g/mol. The van der Waals surface area contributed by atoms with Gasteiger partial charge in [-0.1, -0.05) is 41.3 Å². The Morgan fingerprint density at radius 1 is 0.929 bits per heavy atom. The number of anilines is 2. The van der Waals surface area contributed by atoms with E-state index in [1.807, 2.05) is 18.2 Å². The zero-order valence-electron chi connectivity index (χ0n) is 15.3. The van der Waals surface area contributed by atoms with Gasteiger partial charge in [-0.3, -0.25) is 14.9 Å². The van der Waals surface area contributed by atoms with Crippen LogP contribution in [-0.4, -0.2) is 16.9 Å². The molecule has 0 spiro atoms. The van der Waals surface area contributed by atoms with Crippen molar-refractivity contribution in [2.24, 2.45) is 5.92 Å². The van der Waals surface area contributed by atoms with Crippen molar-refractivity contribution in [3.8, 4) is 0 Å². The highest BCUT2D eigenvalue weighted by Gasteiger charge is 2.21. The van der Waals surface area contributed by atoms with E-state index in [9.17, 15) is 9.59 Å². The van der Waals surface area contributed by atoms with Crippen molar-refractivity contribution in [2.45, 2.75) is 32.1 Å². The van der Waals surface area contributed by atoms with Crippen molar-refractivity contribution in [3.63, 3.8) is 0 Å². The zero-order chi connectivity index (χ0) is 19.9. The molecule has 1 aliphatic rings. The number of hydrogen-bond donors (Lipinski definition) is 3. The second-order valence-electron chi connectivity index (χ2n) is 6.82. The number of carbonyl (C=O) groups excluding carboxylic acids is 2. The van der Waals surface area contributed by atoms with Gasteiger partial charge in [0, 0.05) is 27.3 Å². The van der Waals surface area contributed by atoms with Crippen LogP contribution in [0.3, 0.4) is 0 Å². The highest BCUT2D eigenvalue weighted by Crippen LogP contribution is 2.25. The Morgan fingerprint density at radius 2 is 1.57 bits per heavy atom. The van der Waals surface area contributed by atoms with E-state index in [0.717, 1.165) is 30.2 Å². The topological polar surface area (TPSA) is 70.2 Å². The summed E-state index contributed by atoms with van der Waals surface area (Å²) in [5.41, 5.74) is 1.92. The first-order valence-electron chi connectivity index (χ1n) is 9.30. The molecule has 2 aromatic carbocycles. The maximum Gasteiger partial charge on any atom is 0.257 e. The summed E-state index contributed by atoms with van der Waals surface area (Å²) in [5.74, 6) is -0.119. The quantitative estimate of drug-likeness (QED) is 0.556. The Balaban J connectivity index is 1.56.